The van der Waals surface area contributed by atoms with Gasteiger partial charge in [0.05, 0.1) is 11.5 Å². The molecule has 0 radical (unpaired) electrons. The van der Waals surface area contributed by atoms with Crippen LogP contribution in [0.1, 0.15) is 43.0 Å². The monoisotopic (exact) mass is 416 g/mol. The molecule has 0 fully saturated rings. The van der Waals surface area contributed by atoms with Gasteiger partial charge in [-0.2, -0.15) is 0 Å². The Kier molecular flexibility index (Phi) is 6.45. The molecule has 3 aromatic rings. The first kappa shape index (κ1) is 19.6. The van der Waals surface area contributed by atoms with Gasteiger partial charge in [0, 0.05) is 23.6 Å². The molecule has 0 aliphatic rings. The smallest absolute Gasteiger partial charge is 0.362 e. The van der Waals surface area contributed by atoms with Crippen LogP contribution in [0.15, 0.2) is 41.8 Å². The van der Waals surface area contributed by atoms with Gasteiger partial charge in [0.25, 0.3) is 11.8 Å². The number of nitrogens with one attached hydrogen (secondary N) is 2. The molecule has 2 heterocycles. The molecular weight excluding hydrogens is 400 g/mol. The third kappa shape index (κ3) is 4.78. The maximum absolute atomic E-state index is 12.4. The molecule has 0 saturated heterocycles. The summed E-state index contributed by atoms with van der Waals surface area (Å²) < 4.78 is 8.57. The van der Waals surface area contributed by atoms with Crippen molar-refractivity contribution in [1.29, 1.82) is 0 Å². The van der Waals surface area contributed by atoms with Crippen LogP contribution in [0.2, 0.25) is 0 Å². The highest BCUT2D eigenvalue weighted by atomic mass is 32.1. The summed E-state index contributed by atoms with van der Waals surface area (Å²) in [5.74, 6) is -1.17. The maximum Gasteiger partial charge on any atom is 0.362 e. The largest absolute Gasteiger partial charge is 0.461 e. The minimum absolute atomic E-state index is 0.0203. The Morgan fingerprint density at radius 3 is 2.57 bits per heavy atom. The highest BCUT2D eigenvalue weighted by Gasteiger charge is 2.20. The standard InChI is InChI=1S/C18H16N4O4S2/c1-2-26-18(25)14-17(28-22-21-14)20-15(23)12-7-5-11(6-8-12)10-19-16(24)13-4-3-9-27-13/h3-9H,2,10H2,1H3,(H,19,24)(H,20,23). The molecule has 3 rings (SSSR count). The first-order chi connectivity index (χ1) is 13.6. The number of hydrogen-bond acceptors (Lipinski definition) is 8. The number of carbonyl (C=O) groups excluding carboxylic acids is 3. The Morgan fingerprint density at radius 1 is 1.11 bits per heavy atom. The molecule has 2 aromatic heterocycles. The molecule has 8 nitrogen and oxygen atoms in total. The summed E-state index contributed by atoms with van der Waals surface area (Å²) in [5.41, 5.74) is 1.23. The van der Waals surface area contributed by atoms with E-state index in [1.807, 2.05) is 11.4 Å². The first-order valence-electron chi connectivity index (χ1n) is 8.30. The number of esters is 1. The molecule has 10 heteroatoms. The second-order valence-corrected chi connectivity index (χ2v) is 7.18. The topological polar surface area (TPSA) is 110 Å². The van der Waals surface area contributed by atoms with Crippen molar-refractivity contribution < 1.29 is 19.1 Å². The van der Waals surface area contributed by atoms with Gasteiger partial charge in [0.1, 0.15) is 0 Å². The maximum atomic E-state index is 12.4. The molecule has 144 valence electrons. The van der Waals surface area contributed by atoms with Crippen molar-refractivity contribution in [1.82, 2.24) is 14.9 Å². The number of ether oxygens (including phenoxy) is 1. The average molecular weight is 416 g/mol. The molecule has 0 unspecified atom stereocenters. The van der Waals surface area contributed by atoms with E-state index in [1.54, 1.807) is 37.3 Å². The second kappa shape index (κ2) is 9.20. The Labute approximate surface area is 168 Å². The summed E-state index contributed by atoms with van der Waals surface area (Å²) in [6.07, 6.45) is 0. The minimum atomic E-state index is -0.636. The summed E-state index contributed by atoms with van der Waals surface area (Å²) in [6.45, 7) is 2.24. The van der Waals surface area contributed by atoms with Crippen LogP contribution in [-0.4, -0.2) is 34.0 Å². The quantitative estimate of drug-likeness (QED) is 0.573. The van der Waals surface area contributed by atoms with Crippen LogP contribution in [-0.2, 0) is 11.3 Å². The van der Waals surface area contributed by atoms with Crippen LogP contribution in [0.25, 0.3) is 0 Å². The van der Waals surface area contributed by atoms with Crippen LogP contribution in [0.3, 0.4) is 0 Å². The van der Waals surface area contributed by atoms with Crippen molar-refractivity contribution in [3.8, 4) is 0 Å². The first-order valence-corrected chi connectivity index (χ1v) is 9.95. The van der Waals surface area contributed by atoms with E-state index in [0.717, 1.165) is 17.1 Å². The minimum Gasteiger partial charge on any atom is -0.461 e. The lowest BCUT2D eigenvalue weighted by atomic mass is 10.1. The van der Waals surface area contributed by atoms with E-state index >= 15 is 0 Å². The van der Waals surface area contributed by atoms with Gasteiger partial charge in [-0.1, -0.05) is 22.7 Å². The predicted octanol–water partition coefficient (Wildman–Crippen LogP) is 2.96. The van der Waals surface area contributed by atoms with E-state index < -0.39 is 11.9 Å². The van der Waals surface area contributed by atoms with Crippen LogP contribution in [0.4, 0.5) is 5.00 Å². The molecule has 0 saturated carbocycles. The van der Waals surface area contributed by atoms with E-state index in [1.165, 1.54) is 11.3 Å². The molecule has 1 aromatic carbocycles. The lowest BCUT2D eigenvalue weighted by molar-refractivity contribution is 0.0520. The summed E-state index contributed by atoms with van der Waals surface area (Å²) >= 11 is 2.27. The van der Waals surface area contributed by atoms with Gasteiger partial charge in [0.15, 0.2) is 5.00 Å². The zero-order chi connectivity index (χ0) is 19.9. The number of thiophene rings is 1. The summed E-state index contributed by atoms with van der Waals surface area (Å²) in [4.78, 5) is 36.8. The molecule has 0 aliphatic carbocycles. The highest BCUT2D eigenvalue weighted by molar-refractivity contribution is 7.12. The Hall–Kier alpha value is -3.11. The Morgan fingerprint density at radius 2 is 1.89 bits per heavy atom. The van der Waals surface area contributed by atoms with E-state index in [-0.39, 0.29) is 23.2 Å². The van der Waals surface area contributed by atoms with Crippen molar-refractivity contribution in [2.45, 2.75) is 13.5 Å². The zero-order valence-electron chi connectivity index (χ0n) is 14.8. The molecule has 0 spiro atoms. The lowest BCUT2D eigenvalue weighted by Crippen LogP contribution is -2.21. The number of anilines is 1. The van der Waals surface area contributed by atoms with Crippen LogP contribution in [0.5, 0.6) is 0 Å². The fourth-order valence-corrected chi connectivity index (χ4v) is 3.43. The fraction of sp³-hybridized carbons (Fsp3) is 0.167. The number of amides is 2. The lowest BCUT2D eigenvalue weighted by Gasteiger charge is -2.07. The van der Waals surface area contributed by atoms with Gasteiger partial charge in [-0.15, -0.1) is 16.4 Å². The average Bonchev–Trinajstić information content (AvgIpc) is 3.39. The van der Waals surface area contributed by atoms with E-state index in [4.69, 9.17) is 4.74 Å². The third-order valence-corrected chi connectivity index (χ3v) is 5.11. The van der Waals surface area contributed by atoms with Gasteiger partial charge in [-0.25, -0.2) is 4.79 Å². The molecule has 0 bridgehead atoms. The van der Waals surface area contributed by atoms with Crippen molar-refractivity contribution in [2.24, 2.45) is 0 Å². The van der Waals surface area contributed by atoms with Crippen molar-refractivity contribution in [3.05, 3.63) is 63.5 Å². The van der Waals surface area contributed by atoms with Gasteiger partial charge < -0.3 is 15.4 Å². The van der Waals surface area contributed by atoms with Gasteiger partial charge in [-0.05, 0) is 36.1 Å². The molecular formula is C18H16N4O4S2. The predicted molar refractivity (Wildman–Crippen MR) is 106 cm³/mol. The zero-order valence-corrected chi connectivity index (χ0v) is 16.4. The Balaban J connectivity index is 1.59. The number of carbonyl (C=O) groups is 3. The van der Waals surface area contributed by atoms with Gasteiger partial charge >= 0.3 is 5.97 Å². The third-order valence-electron chi connectivity index (χ3n) is 3.60. The number of rotatable bonds is 7. The van der Waals surface area contributed by atoms with Crippen LogP contribution >= 0.6 is 22.9 Å². The normalized spacial score (nSPS) is 10.3. The molecule has 28 heavy (non-hydrogen) atoms. The number of hydrogen-bond donors (Lipinski definition) is 2. The van der Waals surface area contributed by atoms with E-state index in [0.29, 0.717) is 17.0 Å². The number of aromatic nitrogens is 2. The molecule has 0 aliphatic heterocycles. The van der Waals surface area contributed by atoms with Gasteiger partial charge in [-0.3, -0.25) is 9.59 Å². The van der Waals surface area contributed by atoms with E-state index in [9.17, 15) is 14.4 Å². The van der Waals surface area contributed by atoms with Gasteiger partial charge in [0.2, 0.25) is 5.69 Å². The fourth-order valence-electron chi connectivity index (χ4n) is 2.23. The summed E-state index contributed by atoms with van der Waals surface area (Å²) in [5, 5.41) is 11.2. The van der Waals surface area contributed by atoms with Crippen molar-refractivity contribution >= 4 is 45.7 Å². The van der Waals surface area contributed by atoms with E-state index in [2.05, 4.69) is 20.2 Å². The Bertz CT molecular complexity index is 968. The second-order valence-electron chi connectivity index (χ2n) is 5.48. The highest BCUT2D eigenvalue weighted by Crippen LogP contribution is 2.20. The van der Waals surface area contributed by atoms with Crippen molar-refractivity contribution in [3.63, 3.8) is 0 Å². The van der Waals surface area contributed by atoms with Crippen molar-refractivity contribution in [2.75, 3.05) is 11.9 Å². The SMILES string of the molecule is CCOC(=O)c1nnsc1NC(=O)c1ccc(CNC(=O)c2cccs2)cc1. The molecule has 0 atom stereocenters. The summed E-state index contributed by atoms with van der Waals surface area (Å²) in [6, 6.07) is 10.4. The van der Waals surface area contributed by atoms with Crippen LogP contribution < -0.4 is 10.6 Å². The number of benzene rings is 1. The van der Waals surface area contributed by atoms with Crippen LogP contribution in [0, 0.1) is 0 Å². The molecule has 2 amide bonds. The molecule has 2 N–H and O–H groups in total. The number of nitrogens with zero attached hydrogens (tertiary/aromatic N) is 2. The summed E-state index contributed by atoms with van der Waals surface area (Å²) in [7, 11) is 0.